The third kappa shape index (κ3) is 3.27. The number of carbonyl (C=O) groups is 1. The molecule has 0 fully saturated rings. The fourth-order valence-electron chi connectivity index (χ4n) is 1.41. The Morgan fingerprint density at radius 3 is 2.40 bits per heavy atom. The first-order chi connectivity index (χ1) is 9.20. The molecule has 0 radical (unpaired) electrons. The zero-order chi connectivity index (χ0) is 15.5. The monoisotopic (exact) mass is 295 g/mol. The van der Waals surface area contributed by atoms with E-state index < -0.39 is 15.1 Å². The van der Waals surface area contributed by atoms with E-state index in [4.69, 9.17) is 6.57 Å². The number of hydrogen-bond acceptors (Lipinski definition) is 3. The van der Waals surface area contributed by atoms with Crippen LogP contribution in [0.3, 0.4) is 0 Å². The van der Waals surface area contributed by atoms with Gasteiger partial charge in [-0.2, -0.15) is 0 Å². The third-order valence-corrected chi connectivity index (χ3v) is 4.86. The largest absolute Gasteiger partial charge is 0.331 e. The quantitative estimate of drug-likeness (QED) is 0.871. The van der Waals surface area contributed by atoms with E-state index in [1.165, 1.54) is 23.1 Å². The Bertz CT molecular complexity index is 658. The second-order valence-corrected chi connectivity index (χ2v) is 7.19. The van der Waals surface area contributed by atoms with Crippen molar-refractivity contribution in [1.29, 1.82) is 0 Å². The summed E-state index contributed by atoms with van der Waals surface area (Å²) in [6.45, 7) is 10.2. The maximum absolute atomic E-state index is 12.1. The molecule has 0 unspecified atom stereocenters. The number of carbonyl (C=O) groups excluding carboxylic acids is 1. The molecule has 1 aromatic carbocycles. The summed E-state index contributed by atoms with van der Waals surface area (Å²) in [4.78, 5) is 16.1. The Labute approximate surface area is 119 Å². The van der Waals surface area contributed by atoms with Gasteiger partial charge in [0.15, 0.2) is 9.84 Å². The van der Waals surface area contributed by atoms with Gasteiger partial charge in [0.25, 0.3) is 0 Å². The molecule has 0 bridgehead atoms. The topological polar surface area (TPSA) is 70.8 Å². The van der Waals surface area contributed by atoms with Gasteiger partial charge >= 0.3 is 6.03 Å². The van der Waals surface area contributed by atoms with Crippen LogP contribution in [0.25, 0.3) is 4.85 Å². The van der Waals surface area contributed by atoms with Gasteiger partial charge in [0.2, 0.25) is 5.69 Å². The number of hydrogen-bond donors (Lipinski definition) is 1. The van der Waals surface area contributed by atoms with Gasteiger partial charge in [-0.25, -0.2) is 18.1 Å². The number of nitrogens with zero attached hydrogens (tertiary/aromatic N) is 2. The van der Waals surface area contributed by atoms with Crippen molar-refractivity contribution < 1.29 is 13.2 Å². The molecule has 0 aromatic heterocycles. The van der Waals surface area contributed by atoms with E-state index in [9.17, 15) is 13.2 Å². The Morgan fingerprint density at radius 2 is 1.95 bits per heavy atom. The second kappa shape index (κ2) is 5.92. The Hall–Kier alpha value is -2.07. The van der Waals surface area contributed by atoms with Crippen molar-refractivity contribution in [2.75, 3.05) is 19.4 Å². The van der Waals surface area contributed by atoms with E-state index in [0.29, 0.717) is 5.69 Å². The van der Waals surface area contributed by atoms with E-state index in [0.717, 1.165) is 0 Å². The van der Waals surface area contributed by atoms with Crippen molar-refractivity contribution in [3.8, 4) is 0 Å². The van der Waals surface area contributed by atoms with E-state index >= 15 is 0 Å². The van der Waals surface area contributed by atoms with Gasteiger partial charge in [0, 0.05) is 19.8 Å². The minimum Gasteiger partial charge on any atom is -0.331 e. The minimum atomic E-state index is -3.52. The van der Waals surface area contributed by atoms with Crippen LogP contribution >= 0.6 is 0 Å². The minimum absolute atomic E-state index is 0.00893. The van der Waals surface area contributed by atoms with Gasteiger partial charge < -0.3 is 10.2 Å². The summed E-state index contributed by atoms with van der Waals surface area (Å²) in [5.74, 6) is 0. The van der Waals surface area contributed by atoms with Crippen molar-refractivity contribution in [3.05, 3.63) is 29.6 Å². The third-order valence-electron chi connectivity index (χ3n) is 2.66. The molecule has 0 heterocycles. The van der Waals surface area contributed by atoms with Gasteiger partial charge in [0.1, 0.15) is 0 Å². The Balaban J connectivity index is 3.23. The van der Waals surface area contributed by atoms with Crippen LogP contribution in [-0.2, 0) is 9.84 Å². The zero-order valence-electron chi connectivity index (χ0n) is 11.8. The molecular formula is C13H17N3O3S. The summed E-state index contributed by atoms with van der Waals surface area (Å²) in [5.41, 5.74) is 0.396. The molecule has 2 amide bonds. The van der Waals surface area contributed by atoms with Gasteiger partial charge in [-0.3, -0.25) is 0 Å². The normalized spacial score (nSPS) is 11.0. The summed E-state index contributed by atoms with van der Waals surface area (Å²) in [6.07, 6.45) is 0. The molecule has 108 valence electrons. The molecule has 20 heavy (non-hydrogen) atoms. The van der Waals surface area contributed by atoms with Crippen LogP contribution in [0.5, 0.6) is 0 Å². The average Bonchev–Trinajstić information content (AvgIpc) is 2.37. The van der Waals surface area contributed by atoms with Crippen LogP contribution in [0.15, 0.2) is 23.1 Å². The zero-order valence-corrected chi connectivity index (χ0v) is 12.7. The van der Waals surface area contributed by atoms with Crippen LogP contribution in [0, 0.1) is 6.57 Å². The summed E-state index contributed by atoms with van der Waals surface area (Å²) >= 11 is 0. The number of amides is 2. The highest BCUT2D eigenvalue weighted by Gasteiger charge is 2.23. The van der Waals surface area contributed by atoms with Gasteiger partial charge in [-0.15, -0.1) is 0 Å². The smallest absolute Gasteiger partial charge is 0.321 e. The number of sulfone groups is 1. The van der Waals surface area contributed by atoms with Gasteiger partial charge in [0.05, 0.1) is 16.7 Å². The molecule has 1 N–H and O–H groups in total. The molecule has 0 aliphatic heterocycles. The second-order valence-electron chi connectivity index (χ2n) is 4.71. The van der Waals surface area contributed by atoms with Crippen molar-refractivity contribution in [3.63, 3.8) is 0 Å². The molecular weight excluding hydrogens is 278 g/mol. The van der Waals surface area contributed by atoms with Crippen molar-refractivity contribution in [2.24, 2.45) is 0 Å². The highest BCUT2D eigenvalue weighted by Crippen LogP contribution is 2.30. The van der Waals surface area contributed by atoms with Crippen LogP contribution in [0.4, 0.5) is 16.2 Å². The molecule has 0 atom stereocenters. The molecule has 1 rings (SSSR count). The number of anilines is 1. The highest BCUT2D eigenvalue weighted by atomic mass is 32.2. The average molecular weight is 295 g/mol. The Kier molecular flexibility index (Phi) is 4.73. The number of urea groups is 1. The fraction of sp³-hybridized carbons (Fsp3) is 0.385. The maximum atomic E-state index is 12.1. The molecule has 0 aliphatic carbocycles. The van der Waals surface area contributed by atoms with Crippen LogP contribution in [0.2, 0.25) is 0 Å². The highest BCUT2D eigenvalue weighted by molar-refractivity contribution is 7.92. The predicted octanol–water partition coefficient (Wildman–Crippen LogP) is 2.51. The first-order valence-electron chi connectivity index (χ1n) is 5.94. The van der Waals surface area contributed by atoms with Gasteiger partial charge in [-0.1, -0.05) is 6.07 Å². The van der Waals surface area contributed by atoms with Crippen molar-refractivity contribution >= 4 is 27.2 Å². The summed E-state index contributed by atoms with van der Waals surface area (Å²) < 4.78 is 24.2. The lowest BCUT2D eigenvalue weighted by Gasteiger charge is -2.14. The predicted molar refractivity (Wildman–Crippen MR) is 77.7 cm³/mol. The molecule has 7 heteroatoms. The van der Waals surface area contributed by atoms with Crippen molar-refractivity contribution in [1.82, 2.24) is 4.90 Å². The maximum Gasteiger partial charge on any atom is 0.321 e. The first kappa shape index (κ1) is 16.0. The van der Waals surface area contributed by atoms with Crippen LogP contribution in [-0.4, -0.2) is 38.7 Å². The SMILES string of the molecule is [C-]#[N+]c1cc(NC(=O)N(C)C)ccc1S(=O)(=O)C(C)C. The Morgan fingerprint density at radius 1 is 1.35 bits per heavy atom. The molecule has 0 saturated heterocycles. The summed E-state index contributed by atoms with van der Waals surface area (Å²) in [6, 6.07) is 3.85. The van der Waals surface area contributed by atoms with E-state index in [2.05, 4.69) is 10.2 Å². The molecule has 1 aromatic rings. The van der Waals surface area contributed by atoms with E-state index in [1.807, 2.05) is 0 Å². The lowest BCUT2D eigenvalue weighted by molar-refractivity contribution is 0.230. The molecule has 0 aliphatic rings. The first-order valence-corrected chi connectivity index (χ1v) is 7.48. The fourth-order valence-corrected chi connectivity index (χ4v) is 2.57. The van der Waals surface area contributed by atoms with E-state index in [-0.39, 0.29) is 16.6 Å². The van der Waals surface area contributed by atoms with Crippen molar-refractivity contribution in [2.45, 2.75) is 24.0 Å². The number of nitrogens with one attached hydrogen (secondary N) is 1. The summed E-state index contributed by atoms with van der Waals surface area (Å²) in [7, 11) is -0.346. The number of benzene rings is 1. The van der Waals surface area contributed by atoms with Gasteiger partial charge in [-0.05, 0) is 26.0 Å². The molecule has 6 nitrogen and oxygen atoms in total. The standard InChI is InChI=1S/C13H17N3O3S/c1-9(2)20(18,19)12-7-6-10(8-11(12)14-3)15-13(17)16(4)5/h6-9H,1-2,4-5H3,(H,15,17). The van der Waals surface area contributed by atoms with Crippen LogP contribution < -0.4 is 5.32 Å². The lowest BCUT2D eigenvalue weighted by Crippen LogP contribution is -2.27. The summed E-state index contributed by atoms with van der Waals surface area (Å²) in [5, 5.41) is 1.97. The van der Waals surface area contributed by atoms with E-state index in [1.54, 1.807) is 27.9 Å². The lowest BCUT2D eigenvalue weighted by atomic mass is 10.3. The van der Waals surface area contributed by atoms with Crippen LogP contribution in [0.1, 0.15) is 13.8 Å². The number of rotatable bonds is 3. The molecule has 0 spiro atoms. The molecule has 0 saturated carbocycles.